The van der Waals surface area contributed by atoms with Crippen molar-refractivity contribution in [2.75, 3.05) is 13.2 Å². The number of fused-ring (bicyclic) bond motifs is 1. The molecule has 14 heavy (non-hydrogen) atoms. The van der Waals surface area contributed by atoms with Crippen molar-refractivity contribution in [2.24, 2.45) is 5.73 Å². The van der Waals surface area contributed by atoms with Gasteiger partial charge >= 0.3 is 0 Å². The van der Waals surface area contributed by atoms with Crippen LogP contribution in [0.4, 0.5) is 4.39 Å². The molecule has 1 aliphatic rings. The monoisotopic (exact) mass is 195 g/mol. The molecule has 1 aliphatic heterocycles. The summed E-state index contributed by atoms with van der Waals surface area (Å²) >= 11 is 0. The summed E-state index contributed by atoms with van der Waals surface area (Å²) in [4.78, 5) is 0. The largest absolute Gasteiger partial charge is 0.493 e. The number of ether oxygens (including phenoxy) is 1. The van der Waals surface area contributed by atoms with Gasteiger partial charge in [-0.2, -0.15) is 0 Å². The van der Waals surface area contributed by atoms with Crippen LogP contribution >= 0.6 is 0 Å². The van der Waals surface area contributed by atoms with Crippen molar-refractivity contribution in [3.05, 3.63) is 29.3 Å². The Morgan fingerprint density at radius 1 is 1.50 bits per heavy atom. The standard InChI is InChI=1S/C11H14FNO/c12-10(7-13)9-5-1-3-8-4-2-6-14-11(8)9/h1,3,5,10H,2,4,6-7,13H2. The summed E-state index contributed by atoms with van der Waals surface area (Å²) in [5, 5.41) is 0. The Labute approximate surface area is 82.9 Å². The number of hydrogen-bond donors (Lipinski definition) is 1. The number of hydrogen-bond acceptors (Lipinski definition) is 2. The third-order valence-electron chi connectivity index (χ3n) is 2.51. The maximum absolute atomic E-state index is 13.4. The summed E-state index contributed by atoms with van der Waals surface area (Å²) < 4.78 is 18.9. The fraction of sp³-hybridized carbons (Fsp3) is 0.455. The van der Waals surface area contributed by atoms with E-state index in [0.29, 0.717) is 12.2 Å². The second-order valence-corrected chi connectivity index (χ2v) is 3.49. The zero-order chi connectivity index (χ0) is 9.97. The van der Waals surface area contributed by atoms with Gasteiger partial charge in [0.15, 0.2) is 0 Å². The highest BCUT2D eigenvalue weighted by Gasteiger charge is 2.19. The first kappa shape index (κ1) is 9.46. The number of alkyl halides is 1. The minimum Gasteiger partial charge on any atom is -0.493 e. The van der Waals surface area contributed by atoms with E-state index in [1.54, 1.807) is 6.07 Å². The Bertz CT molecular complexity index is 327. The normalized spacial score (nSPS) is 17.0. The molecule has 2 nitrogen and oxygen atoms in total. The van der Waals surface area contributed by atoms with Crippen LogP contribution in [0.25, 0.3) is 0 Å². The minimum atomic E-state index is -1.11. The molecule has 0 aromatic heterocycles. The highest BCUT2D eigenvalue weighted by Crippen LogP contribution is 2.33. The molecule has 0 radical (unpaired) electrons. The van der Waals surface area contributed by atoms with Gasteiger partial charge in [0, 0.05) is 12.1 Å². The third-order valence-corrected chi connectivity index (χ3v) is 2.51. The van der Waals surface area contributed by atoms with E-state index in [4.69, 9.17) is 10.5 Å². The van der Waals surface area contributed by atoms with Crippen molar-refractivity contribution in [1.29, 1.82) is 0 Å². The van der Waals surface area contributed by atoms with Crippen LogP contribution in [0.1, 0.15) is 23.7 Å². The summed E-state index contributed by atoms with van der Waals surface area (Å²) in [6, 6.07) is 5.61. The number of para-hydroxylation sites is 1. The molecule has 76 valence electrons. The van der Waals surface area contributed by atoms with Crippen LogP contribution in [-0.4, -0.2) is 13.2 Å². The molecule has 1 atom stereocenters. The Hall–Kier alpha value is -1.09. The predicted molar refractivity (Wildman–Crippen MR) is 53.2 cm³/mol. The van der Waals surface area contributed by atoms with E-state index < -0.39 is 6.17 Å². The fourth-order valence-corrected chi connectivity index (χ4v) is 1.79. The molecule has 2 rings (SSSR count). The van der Waals surface area contributed by atoms with Crippen LogP contribution in [0, 0.1) is 0 Å². The summed E-state index contributed by atoms with van der Waals surface area (Å²) in [6.07, 6.45) is 0.874. The average molecular weight is 195 g/mol. The van der Waals surface area contributed by atoms with E-state index in [0.717, 1.165) is 24.2 Å². The molecule has 0 amide bonds. The van der Waals surface area contributed by atoms with Gasteiger partial charge in [-0.1, -0.05) is 18.2 Å². The Kier molecular flexibility index (Phi) is 2.68. The molecule has 0 bridgehead atoms. The van der Waals surface area contributed by atoms with Crippen molar-refractivity contribution >= 4 is 0 Å². The van der Waals surface area contributed by atoms with Crippen molar-refractivity contribution in [1.82, 2.24) is 0 Å². The van der Waals surface area contributed by atoms with Gasteiger partial charge in [-0.15, -0.1) is 0 Å². The van der Waals surface area contributed by atoms with Crippen molar-refractivity contribution < 1.29 is 9.13 Å². The molecular weight excluding hydrogens is 181 g/mol. The van der Waals surface area contributed by atoms with Crippen molar-refractivity contribution in [3.63, 3.8) is 0 Å². The van der Waals surface area contributed by atoms with E-state index in [1.165, 1.54) is 0 Å². The van der Waals surface area contributed by atoms with Gasteiger partial charge in [0.2, 0.25) is 0 Å². The Balaban J connectivity index is 2.39. The third kappa shape index (κ3) is 1.60. The number of halogens is 1. The predicted octanol–water partition coefficient (Wildman–Crippen LogP) is 1.98. The van der Waals surface area contributed by atoms with Gasteiger partial charge in [0.25, 0.3) is 0 Å². The molecule has 0 aliphatic carbocycles. The maximum Gasteiger partial charge on any atom is 0.141 e. The van der Waals surface area contributed by atoms with Gasteiger partial charge in [0.1, 0.15) is 11.9 Å². The molecule has 1 aromatic rings. The van der Waals surface area contributed by atoms with Gasteiger partial charge in [0.05, 0.1) is 6.61 Å². The Morgan fingerprint density at radius 2 is 2.36 bits per heavy atom. The van der Waals surface area contributed by atoms with E-state index in [-0.39, 0.29) is 6.54 Å². The van der Waals surface area contributed by atoms with Gasteiger partial charge in [-0.05, 0) is 18.4 Å². The van der Waals surface area contributed by atoms with Crippen LogP contribution in [0.15, 0.2) is 18.2 Å². The van der Waals surface area contributed by atoms with Crippen LogP contribution in [0.5, 0.6) is 5.75 Å². The van der Waals surface area contributed by atoms with Gasteiger partial charge in [-0.3, -0.25) is 0 Å². The first-order valence-electron chi connectivity index (χ1n) is 4.91. The van der Waals surface area contributed by atoms with Gasteiger partial charge < -0.3 is 10.5 Å². The molecular formula is C11H14FNO. The Morgan fingerprint density at radius 3 is 3.14 bits per heavy atom. The lowest BCUT2D eigenvalue weighted by atomic mass is 10.00. The van der Waals surface area contributed by atoms with E-state index in [9.17, 15) is 4.39 Å². The van der Waals surface area contributed by atoms with Gasteiger partial charge in [-0.25, -0.2) is 4.39 Å². The lowest BCUT2D eigenvalue weighted by Gasteiger charge is -2.21. The summed E-state index contributed by atoms with van der Waals surface area (Å²) in [6.45, 7) is 0.696. The molecule has 1 aromatic carbocycles. The molecule has 1 unspecified atom stereocenters. The van der Waals surface area contributed by atoms with Crippen LogP contribution in [-0.2, 0) is 6.42 Å². The summed E-state index contributed by atoms with van der Waals surface area (Å²) in [5.74, 6) is 0.719. The molecule has 1 heterocycles. The topological polar surface area (TPSA) is 35.2 Å². The number of nitrogens with two attached hydrogens (primary N) is 1. The van der Waals surface area contributed by atoms with Crippen LogP contribution in [0.2, 0.25) is 0 Å². The molecule has 0 spiro atoms. The fourth-order valence-electron chi connectivity index (χ4n) is 1.79. The lowest BCUT2D eigenvalue weighted by Crippen LogP contribution is -2.14. The smallest absolute Gasteiger partial charge is 0.141 e. The maximum atomic E-state index is 13.4. The highest BCUT2D eigenvalue weighted by atomic mass is 19.1. The van der Waals surface area contributed by atoms with Crippen LogP contribution < -0.4 is 10.5 Å². The SMILES string of the molecule is NCC(F)c1cccc2c1OCCC2. The first-order chi connectivity index (χ1) is 6.83. The summed E-state index contributed by atoms with van der Waals surface area (Å²) in [7, 11) is 0. The highest BCUT2D eigenvalue weighted by molar-refractivity contribution is 5.44. The number of aryl methyl sites for hydroxylation is 1. The second-order valence-electron chi connectivity index (χ2n) is 3.49. The first-order valence-corrected chi connectivity index (χ1v) is 4.91. The van der Waals surface area contributed by atoms with Crippen molar-refractivity contribution in [2.45, 2.75) is 19.0 Å². The summed E-state index contributed by atoms with van der Waals surface area (Å²) in [5.41, 5.74) is 7.01. The molecule has 0 saturated heterocycles. The zero-order valence-corrected chi connectivity index (χ0v) is 8.00. The zero-order valence-electron chi connectivity index (χ0n) is 8.00. The average Bonchev–Trinajstić information content (AvgIpc) is 2.27. The molecule has 3 heteroatoms. The molecule has 0 fully saturated rings. The van der Waals surface area contributed by atoms with E-state index >= 15 is 0 Å². The second kappa shape index (κ2) is 3.96. The number of rotatable bonds is 2. The number of benzene rings is 1. The van der Waals surface area contributed by atoms with Crippen molar-refractivity contribution in [3.8, 4) is 5.75 Å². The molecule has 0 saturated carbocycles. The van der Waals surface area contributed by atoms with E-state index in [2.05, 4.69) is 0 Å². The quantitative estimate of drug-likeness (QED) is 0.783. The van der Waals surface area contributed by atoms with Crippen LogP contribution in [0.3, 0.4) is 0 Å². The molecule has 2 N–H and O–H groups in total. The lowest BCUT2D eigenvalue weighted by molar-refractivity contribution is 0.269. The minimum absolute atomic E-state index is 0.0137. The van der Waals surface area contributed by atoms with E-state index in [1.807, 2.05) is 12.1 Å².